The molecule has 16 heavy (non-hydrogen) atoms. The molecule has 0 aliphatic carbocycles. The molecular formula is C11H21N5. The first-order chi connectivity index (χ1) is 7.62. The monoisotopic (exact) mass is 223 g/mol. The molecule has 0 aromatic rings. The fourth-order valence-electron chi connectivity index (χ4n) is 1.72. The fraction of sp³-hybridized carbons (Fsp3) is 0.818. The van der Waals surface area contributed by atoms with Gasteiger partial charge in [-0.05, 0) is 20.3 Å². The van der Waals surface area contributed by atoms with Gasteiger partial charge in [-0.15, -0.1) is 0 Å². The normalized spacial score (nSPS) is 20.6. The van der Waals surface area contributed by atoms with Crippen LogP contribution >= 0.6 is 0 Å². The number of guanidine groups is 2. The minimum atomic E-state index is 0.0839. The number of nitrogens with zero attached hydrogens (tertiary/aromatic N) is 3. The Morgan fingerprint density at radius 1 is 1.38 bits per heavy atom. The molecule has 0 amide bonds. The molecular weight excluding hydrogens is 202 g/mol. The average Bonchev–Trinajstić information content (AvgIpc) is 2.86. The summed E-state index contributed by atoms with van der Waals surface area (Å²) in [7, 11) is 0. The number of hydrogen-bond acceptors (Lipinski definition) is 5. The molecule has 0 bridgehead atoms. The second-order valence-electron chi connectivity index (χ2n) is 4.85. The van der Waals surface area contributed by atoms with Gasteiger partial charge in [0, 0.05) is 18.6 Å². The molecule has 0 aromatic carbocycles. The van der Waals surface area contributed by atoms with Crippen LogP contribution in [0.3, 0.4) is 0 Å². The second kappa shape index (κ2) is 4.31. The van der Waals surface area contributed by atoms with E-state index in [1.165, 1.54) is 0 Å². The van der Waals surface area contributed by atoms with Crippen molar-refractivity contribution in [1.29, 1.82) is 0 Å². The molecule has 0 fully saturated rings. The van der Waals surface area contributed by atoms with Crippen LogP contribution < -0.4 is 10.6 Å². The minimum Gasteiger partial charge on any atom is -0.354 e. The van der Waals surface area contributed by atoms with Crippen LogP contribution in [0.5, 0.6) is 0 Å². The van der Waals surface area contributed by atoms with Crippen LogP contribution in [-0.2, 0) is 0 Å². The van der Waals surface area contributed by atoms with Crippen LogP contribution in [0, 0.1) is 0 Å². The molecule has 0 atom stereocenters. The van der Waals surface area contributed by atoms with Gasteiger partial charge in [0.25, 0.3) is 0 Å². The molecule has 2 N–H and O–H groups in total. The van der Waals surface area contributed by atoms with E-state index in [9.17, 15) is 0 Å². The topological polar surface area (TPSA) is 52.0 Å². The Bertz CT molecular complexity index is 318. The van der Waals surface area contributed by atoms with Crippen LogP contribution in [0.1, 0.15) is 27.2 Å². The van der Waals surface area contributed by atoms with Crippen LogP contribution in [0.15, 0.2) is 9.98 Å². The summed E-state index contributed by atoms with van der Waals surface area (Å²) in [5, 5.41) is 6.77. The molecule has 0 aromatic heterocycles. The lowest BCUT2D eigenvalue weighted by atomic mass is 10.0. The lowest BCUT2D eigenvalue weighted by Crippen LogP contribution is -2.52. The zero-order chi connectivity index (χ0) is 11.6. The highest BCUT2D eigenvalue weighted by molar-refractivity contribution is 6.00. The molecule has 2 aliphatic rings. The Morgan fingerprint density at radius 3 is 2.81 bits per heavy atom. The van der Waals surface area contributed by atoms with E-state index in [0.717, 1.165) is 44.5 Å². The molecule has 0 unspecified atom stereocenters. The van der Waals surface area contributed by atoms with Gasteiger partial charge in [0.15, 0.2) is 0 Å². The fourth-order valence-corrected chi connectivity index (χ4v) is 1.72. The number of nitrogens with one attached hydrogen (secondary N) is 2. The zero-order valence-corrected chi connectivity index (χ0v) is 10.4. The van der Waals surface area contributed by atoms with E-state index >= 15 is 0 Å². The summed E-state index contributed by atoms with van der Waals surface area (Å²) in [5.74, 6) is 1.93. The van der Waals surface area contributed by atoms with Crippen LogP contribution in [0.4, 0.5) is 0 Å². The number of hydrogen-bond donors (Lipinski definition) is 2. The summed E-state index contributed by atoms with van der Waals surface area (Å²) in [6.07, 6.45) is 1.07. The van der Waals surface area contributed by atoms with E-state index in [1.54, 1.807) is 0 Å². The van der Waals surface area contributed by atoms with Gasteiger partial charge in [-0.3, -0.25) is 14.9 Å². The highest BCUT2D eigenvalue weighted by atomic mass is 15.4. The first-order valence-corrected chi connectivity index (χ1v) is 6.01. The maximum atomic E-state index is 4.51. The second-order valence-corrected chi connectivity index (χ2v) is 4.85. The molecule has 5 nitrogen and oxygen atoms in total. The van der Waals surface area contributed by atoms with Gasteiger partial charge in [0.2, 0.25) is 11.9 Å². The summed E-state index contributed by atoms with van der Waals surface area (Å²) in [5.41, 5.74) is 0.0839. The van der Waals surface area contributed by atoms with Crippen molar-refractivity contribution in [3.63, 3.8) is 0 Å². The molecule has 2 rings (SSSR count). The maximum Gasteiger partial charge on any atom is 0.201 e. The summed E-state index contributed by atoms with van der Waals surface area (Å²) in [6.45, 7) is 10.1. The molecule has 0 saturated carbocycles. The Balaban J connectivity index is 2.03. The molecule has 0 spiro atoms. The molecule has 0 saturated heterocycles. The van der Waals surface area contributed by atoms with Crippen molar-refractivity contribution in [2.24, 2.45) is 9.98 Å². The van der Waals surface area contributed by atoms with Crippen molar-refractivity contribution in [2.45, 2.75) is 32.7 Å². The number of rotatable bonds is 2. The Morgan fingerprint density at radius 2 is 2.19 bits per heavy atom. The van der Waals surface area contributed by atoms with Gasteiger partial charge >= 0.3 is 0 Å². The van der Waals surface area contributed by atoms with Crippen LogP contribution in [-0.4, -0.2) is 48.5 Å². The Labute approximate surface area is 97.0 Å². The largest absolute Gasteiger partial charge is 0.354 e. The van der Waals surface area contributed by atoms with Gasteiger partial charge < -0.3 is 10.6 Å². The van der Waals surface area contributed by atoms with Crippen molar-refractivity contribution in [1.82, 2.24) is 15.5 Å². The van der Waals surface area contributed by atoms with Crippen LogP contribution in [0.25, 0.3) is 0 Å². The van der Waals surface area contributed by atoms with Gasteiger partial charge in [-0.1, -0.05) is 6.92 Å². The average molecular weight is 223 g/mol. The standard InChI is InChI=1S/C11H21N5/c1-4-11(2,3)15-10-14-7-8-16(10)9-12-5-6-13-9/h4-8H2,1-3H3,(H,12,13)(H,14,15). The molecule has 2 aliphatic heterocycles. The van der Waals surface area contributed by atoms with Crippen molar-refractivity contribution in [3.8, 4) is 0 Å². The number of aliphatic imine (C=N–C) groups is 2. The van der Waals surface area contributed by atoms with Gasteiger partial charge in [0.05, 0.1) is 13.1 Å². The molecule has 90 valence electrons. The summed E-state index contributed by atoms with van der Waals surface area (Å²) in [4.78, 5) is 11.1. The van der Waals surface area contributed by atoms with E-state index in [4.69, 9.17) is 0 Å². The van der Waals surface area contributed by atoms with E-state index in [2.05, 4.69) is 46.3 Å². The van der Waals surface area contributed by atoms with Gasteiger partial charge in [-0.2, -0.15) is 0 Å². The Kier molecular flexibility index (Phi) is 3.03. The van der Waals surface area contributed by atoms with Crippen molar-refractivity contribution >= 4 is 11.9 Å². The molecule has 2 heterocycles. The van der Waals surface area contributed by atoms with Gasteiger partial charge in [0.1, 0.15) is 0 Å². The van der Waals surface area contributed by atoms with Crippen LogP contribution in [0.2, 0.25) is 0 Å². The predicted octanol–water partition coefficient (Wildman–Crippen LogP) is 0.395. The maximum absolute atomic E-state index is 4.51. The third-order valence-corrected chi connectivity index (χ3v) is 3.09. The molecule has 0 radical (unpaired) electrons. The molecule has 5 heteroatoms. The first kappa shape index (κ1) is 11.2. The minimum absolute atomic E-state index is 0.0839. The van der Waals surface area contributed by atoms with E-state index in [0.29, 0.717) is 0 Å². The van der Waals surface area contributed by atoms with Crippen molar-refractivity contribution in [3.05, 3.63) is 0 Å². The first-order valence-electron chi connectivity index (χ1n) is 6.01. The summed E-state index contributed by atoms with van der Waals surface area (Å²) in [6, 6.07) is 0. The van der Waals surface area contributed by atoms with Crippen molar-refractivity contribution < 1.29 is 0 Å². The van der Waals surface area contributed by atoms with E-state index < -0.39 is 0 Å². The van der Waals surface area contributed by atoms with Crippen molar-refractivity contribution in [2.75, 3.05) is 26.2 Å². The zero-order valence-electron chi connectivity index (χ0n) is 10.4. The quantitative estimate of drug-likeness (QED) is 0.712. The lowest BCUT2D eigenvalue weighted by molar-refractivity contribution is 0.427. The van der Waals surface area contributed by atoms with E-state index in [-0.39, 0.29) is 5.54 Å². The third kappa shape index (κ3) is 2.28. The summed E-state index contributed by atoms with van der Waals surface area (Å²) >= 11 is 0. The summed E-state index contributed by atoms with van der Waals surface area (Å²) < 4.78 is 0. The van der Waals surface area contributed by atoms with Gasteiger partial charge in [-0.25, -0.2) is 0 Å². The smallest absolute Gasteiger partial charge is 0.201 e. The third-order valence-electron chi connectivity index (χ3n) is 3.09. The highest BCUT2D eigenvalue weighted by Gasteiger charge is 2.27. The SMILES string of the molecule is CCC(C)(C)NC1=NCCN1C1=NCCN1. The highest BCUT2D eigenvalue weighted by Crippen LogP contribution is 2.11. The van der Waals surface area contributed by atoms with E-state index in [1.807, 2.05) is 0 Å². The predicted molar refractivity (Wildman–Crippen MR) is 66.8 cm³/mol. The lowest BCUT2D eigenvalue weighted by Gasteiger charge is -2.30. The Hall–Kier alpha value is -1.26.